The van der Waals surface area contributed by atoms with E-state index in [9.17, 15) is 24.4 Å². The van der Waals surface area contributed by atoms with E-state index in [1.165, 1.54) is 4.90 Å². The molecule has 0 bridgehead atoms. The Morgan fingerprint density at radius 3 is 2.20 bits per heavy atom. The highest BCUT2D eigenvalue weighted by Crippen LogP contribution is 2.31. The summed E-state index contributed by atoms with van der Waals surface area (Å²) in [6.45, 7) is 6.68. The molecule has 4 amide bonds. The maximum atomic E-state index is 13.7. The average Bonchev–Trinajstić information content (AvgIpc) is 3.43. The summed E-state index contributed by atoms with van der Waals surface area (Å²) in [7, 11) is 3.42. The van der Waals surface area contributed by atoms with Gasteiger partial charge in [0.25, 0.3) is 5.91 Å². The third kappa shape index (κ3) is 8.68. The van der Waals surface area contributed by atoms with E-state index in [-0.39, 0.29) is 30.4 Å². The quantitative estimate of drug-likeness (QED) is 0.244. The first-order chi connectivity index (χ1) is 18.9. The molecule has 40 heavy (non-hydrogen) atoms. The SMILES string of the molecule is CN(C)C(=O)c1ccc(OC2CCN(C(=O)C(NC(=O)C(CC3CCCC3)CN(O)C=O)C(C)(C)C)CC2)cc1. The fourth-order valence-corrected chi connectivity index (χ4v) is 5.59. The topological polar surface area (TPSA) is 119 Å². The van der Waals surface area contributed by atoms with Crippen molar-refractivity contribution in [3.05, 3.63) is 29.8 Å². The van der Waals surface area contributed by atoms with Crippen LogP contribution >= 0.6 is 0 Å². The van der Waals surface area contributed by atoms with Gasteiger partial charge in [-0.25, -0.2) is 5.06 Å². The Morgan fingerprint density at radius 2 is 1.68 bits per heavy atom. The number of hydrogen-bond donors (Lipinski definition) is 2. The first kappa shape index (κ1) is 31.4. The van der Waals surface area contributed by atoms with E-state index in [2.05, 4.69) is 5.32 Å². The molecule has 1 saturated heterocycles. The number of hydroxylamine groups is 2. The van der Waals surface area contributed by atoms with E-state index in [0.717, 1.165) is 25.7 Å². The van der Waals surface area contributed by atoms with E-state index in [1.54, 1.807) is 43.3 Å². The van der Waals surface area contributed by atoms with Crippen LogP contribution in [-0.2, 0) is 14.4 Å². The normalized spacial score (nSPS) is 18.1. The van der Waals surface area contributed by atoms with Crippen LogP contribution in [-0.4, -0.2) is 90.1 Å². The fraction of sp³-hybridized carbons (Fsp3) is 0.667. The molecule has 0 spiro atoms. The van der Waals surface area contributed by atoms with E-state index in [1.807, 2.05) is 20.8 Å². The highest BCUT2D eigenvalue weighted by Gasteiger charge is 2.39. The Kier molecular flexibility index (Phi) is 11.0. The number of carbonyl (C=O) groups is 4. The van der Waals surface area contributed by atoms with E-state index in [0.29, 0.717) is 61.1 Å². The van der Waals surface area contributed by atoms with Crippen molar-refractivity contribution in [1.82, 2.24) is 20.2 Å². The Hall–Kier alpha value is -3.14. The maximum absolute atomic E-state index is 13.7. The van der Waals surface area contributed by atoms with Gasteiger partial charge in [-0.05, 0) is 42.0 Å². The van der Waals surface area contributed by atoms with Crippen molar-refractivity contribution in [1.29, 1.82) is 0 Å². The smallest absolute Gasteiger partial charge is 0.253 e. The lowest BCUT2D eigenvalue weighted by molar-refractivity contribution is -0.156. The first-order valence-corrected chi connectivity index (χ1v) is 14.4. The number of benzene rings is 1. The van der Waals surface area contributed by atoms with Gasteiger partial charge in [-0.2, -0.15) is 0 Å². The van der Waals surface area contributed by atoms with E-state index >= 15 is 0 Å². The summed E-state index contributed by atoms with van der Waals surface area (Å²) in [5, 5.41) is 13.3. The summed E-state index contributed by atoms with van der Waals surface area (Å²) >= 11 is 0. The summed E-state index contributed by atoms with van der Waals surface area (Å²) in [6, 6.07) is 6.34. The molecule has 1 heterocycles. The largest absolute Gasteiger partial charge is 0.490 e. The van der Waals surface area contributed by atoms with Crippen LogP contribution in [0.5, 0.6) is 5.75 Å². The van der Waals surface area contributed by atoms with Crippen LogP contribution in [0.4, 0.5) is 0 Å². The molecule has 1 saturated carbocycles. The molecule has 0 aromatic heterocycles. The number of amides is 4. The minimum atomic E-state index is -0.742. The summed E-state index contributed by atoms with van der Waals surface area (Å²) in [6.07, 6.45) is 6.45. The molecule has 1 aromatic carbocycles. The summed E-state index contributed by atoms with van der Waals surface area (Å²) in [5.41, 5.74) is 0.0594. The van der Waals surface area contributed by atoms with E-state index < -0.39 is 17.4 Å². The molecule has 10 nitrogen and oxygen atoms in total. The zero-order chi connectivity index (χ0) is 29.4. The Bertz CT molecular complexity index is 1010. The van der Waals surface area contributed by atoms with Crippen molar-refractivity contribution in [3.8, 4) is 5.75 Å². The molecule has 2 aliphatic rings. The Morgan fingerprint density at radius 1 is 1.07 bits per heavy atom. The first-order valence-electron chi connectivity index (χ1n) is 14.4. The number of piperidine rings is 1. The van der Waals surface area contributed by atoms with Crippen LogP contribution < -0.4 is 10.1 Å². The van der Waals surface area contributed by atoms with Gasteiger partial charge in [0.05, 0.1) is 12.5 Å². The summed E-state index contributed by atoms with van der Waals surface area (Å²) < 4.78 is 6.12. The zero-order valence-electron chi connectivity index (χ0n) is 24.6. The number of nitrogens with one attached hydrogen (secondary N) is 1. The molecule has 2 N–H and O–H groups in total. The molecule has 2 atom stereocenters. The number of hydrogen-bond acceptors (Lipinski definition) is 6. The van der Waals surface area contributed by atoms with Gasteiger partial charge in [-0.3, -0.25) is 24.4 Å². The minimum absolute atomic E-state index is 0.0585. The van der Waals surface area contributed by atoms with Crippen molar-refractivity contribution < 1.29 is 29.1 Å². The van der Waals surface area contributed by atoms with Gasteiger partial charge in [0.15, 0.2) is 0 Å². The number of likely N-dealkylation sites (tertiary alicyclic amines) is 1. The number of ether oxygens (including phenoxy) is 1. The lowest BCUT2D eigenvalue weighted by Crippen LogP contribution is -2.58. The lowest BCUT2D eigenvalue weighted by Gasteiger charge is -2.39. The molecule has 10 heteroatoms. The average molecular weight is 559 g/mol. The van der Waals surface area contributed by atoms with Gasteiger partial charge in [0.1, 0.15) is 17.9 Å². The lowest BCUT2D eigenvalue weighted by atomic mass is 9.84. The van der Waals surface area contributed by atoms with Crippen LogP contribution in [0.15, 0.2) is 24.3 Å². The standard InChI is InChI=1S/C30H46N4O6/c1-30(2,3)26(31-27(36)23(19-34(39)20-35)18-21-8-6-7-9-21)29(38)33-16-14-25(15-17-33)40-24-12-10-22(11-13-24)28(37)32(4)5/h10-13,20-21,23,25-26,39H,6-9,14-19H2,1-5H3,(H,31,36). The predicted molar refractivity (Wildman–Crippen MR) is 151 cm³/mol. The highest BCUT2D eigenvalue weighted by molar-refractivity contribution is 5.94. The molecule has 222 valence electrons. The highest BCUT2D eigenvalue weighted by atomic mass is 16.5. The summed E-state index contributed by atoms with van der Waals surface area (Å²) in [5.74, 6) is -0.0439. The van der Waals surface area contributed by atoms with Crippen molar-refractivity contribution in [2.75, 3.05) is 33.7 Å². The summed E-state index contributed by atoms with van der Waals surface area (Å²) in [4.78, 5) is 53.6. The van der Waals surface area contributed by atoms with Crippen LogP contribution in [0.1, 0.15) is 76.1 Å². The number of nitrogens with zero attached hydrogens (tertiary/aromatic N) is 3. The van der Waals surface area contributed by atoms with Crippen LogP contribution in [0.25, 0.3) is 0 Å². The van der Waals surface area contributed by atoms with Crippen molar-refractivity contribution >= 4 is 24.1 Å². The van der Waals surface area contributed by atoms with Crippen molar-refractivity contribution in [2.24, 2.45) is 17.3 Å². The van der Waals surface area contributed by atoms with Crippen molar-refractivity contribution in [2.45, 2.75) is 77.9 Å². The Labute approximate surface area is 238 Å². The zero-order valence-corrected chi connectivity index (χ0v) is 24.6. The molecule has 2 unspecified atom stereocenters. The fourth-order valence-electron chi connectivity index (χ4n) is 5.59. The molecule has 3 rings (SSSR count). The molecule has 0 radical (unpaired) electrons. The van der Waals surface area contributed by atoms with Crippen LogP contribution in [0.2, 0.25) is 0 Å². The van der Waals surface area contributed by atoms with Gasteiger partial charge in [0, 0.05) is 45.6 Å². The second kappa shape index (κ2) is 14.0. The van der Waals surface area contributed by atoms with Crippen molar-refractivity contribution in [3.63, 3.8) is 0 Å². The number of carbonyl (C=O) groups excluding carboxylic acids is 4. The molecule has 1 aliphatic carbocycles. The van der Waals surface area contributed by atoms with Gasteiger partial charge in [0.2, 0.25) is 18.2 Å². The van der Waals surface area contributed by atoms with Gasteiger partial charge < -0.3 is 19.9 Å². The monoisotopic (exact) mass is 558 g/mol. The molecule has 1 aliphatic heterocycles. The molecular formula is C30H46N4O6. The van der Waals surface area contributed by atoms with Gasteiger partial charge in [-0.15, -0.1) is 0 Å². The third-order valence-electron chi connectivity index (χ3n) is 7.96. The van der Waals surface area contributed by atoms with Crippen LogP contribution in [0, 0.1) is 17.3 Å². The second-order valence-corrected chi connectivity index (χ2v) is 12.5. The maximum Gasteiger partial charge on any atom is 0.253 e. The van der Waals surface area contributed by atoms with Crippen LogP contribution in [0.3, 0.4) is 0 Å². The van der Waals surface area contributed by atoms with Gasteiger partial charge >= 0.3 is 0 Å². The number of rotatable bonds is 11. The third-order valence-corrected chi connectivity index (χ3v) is 7.96. The minimum Gasteiger partial charge on any atom is -0.490 e. The van der Waals surface area contributed by atoms with E-state index in [4.69, 9.17) is 4.74 Å². The Balaban J connectivity index is 1.59. The second-order valence-electron chi connectivity index (χ2n) is 12.5. The van der Waals surface area contributed by atoms with Gasteiger partial charge in [-0.1, -0.05) is 46.5 Å². The molecule has 2 fully saturated rings. The molecule has 1 aromatic rings. The molecular weight excluding hydrogens is 512 g/mol. The predicted octanol–water partition coefficient (Wildman–Crippen LogP) is 3.33.